The minimum Gasteiger partial charge on any atom is -0.354 e. The third-order valence-electron chi connectivity index (χ3n) is 3.93. The lowest BCUT2D eigenvalue weighted by Crippen LogP contribution is -2.48. The summed E-state index contributed by atoms with van der Waals surface area (Å²) in [6, 6.07) is 2.45. The SMILES string of the molecule is CC1CNC(=O)C(CC#N)N(C2CCCC2)C1. The monoisotopic (exact) mass is 235 g/mol. The van der Waals surface area contributed by atoms with Crippen LogP contribution in [-0.2, 0) is 4.79 Å². The zero-order valence-electron chi connectivity index (χ0n) is 10.5. The number of nitrogens with zero attached hydrogens (tertiary/aromatic N) is 2. The van der Waals surface area contributed by atoms with Gasteiger partial charge in [0.15, 0.2) is 0 Å². The highest BCUT2D eigenvalue weighted by Crippen LogP contribution is 2.27. The van der Waals surface area contributed by atoms with E-state index in [-0.39, 0.29) is 11.9 Å². The maximum absolute atomic E-state index is 12.0. The summed E-state index contributed by atoms with van der Waals surface area (Å²) in [6.45, 7) is 3.84. The van der Waals surface area contributed by atoms with Crippen molar-refractivity contribution in [3.8, 4) is 6.07 Å². The minimum absolute atomic E-state index is 0.0443. The quantitative estimate of drug-likeness (QED) is 0.784. The molecule has 0 bridgehead atoms. The normalized spacial score (nSPS) is 31.9. The summed E-state index contributed by atoms with van der Waals surface area (Å²) in [6.07, 6.45) is 5.20. The lowest BCUT2D eigenvalue weighted by Gasteiger charge is -2.33. The predicted molar refractivity (Wildman–Crippen MR) is 65.2 cm³/mol. The number of carbonyl (C=O) groups excluding carboxylic acids is 1. The number of hydrogen-bond acceptors (Lipinski definition) is 3. The molecule has 94 valence electrons. The fourth-order valence-corrected chi connectivity index (χ4v) is 3.03. The molecule has 0 spiro atoms. The molecule has 4 nitrogen and oxygen atoms in total. The molecule has 2 fully saturated rings. The Labute approximate surface area is 103 Å². The zero-order valence-corrected chi connectivity index (χ0v) is 10.5. The molecule has 2 atom stereocenters. The maximum Gasteiger partial charge on any atom is 0.238 e. The second-order valence-corrected chi connectivity index (χ2v) is 5.36. The van der Waals surface area contributed by atoms with Crippen LogP contribution < -0.4 is 5.32 Å². The molecule has 1 aliphatic heterocycles. The van der Waals surface area contributed by atoms with Gasteiger partial charge in [-0.3, -0.25) is 9.69 Å². The van der Waals surface area contributed by atoms with Gasteiger partial charge in [-0.25, -0.2) is 0 Å². The van der Waals surface area contributed by atoms with Gasteiger partial charge in [-0.05, 0) is 18.8 Å². The van der Waals surface area contributed by atoms with Crippen LogP contribution in [0.5, 0.6) is 0 Å². The summed E-state index contributed by atoms with van der Waals surface area (Å²) in [7, 11) is 0. The Kier molecular flexibility index (Phi) is 4.01. The smallest absolute Gasteiger partial charge is 0.238 e. The molecule has 1 N–H and O–H groups in total. The number of nitriles is 1. The second-order valence-electron chi connectivity index (χ2n) is 5.36. The van der Waals surface area contributed by atoms with E-state index in [0.717, 1.165) is 13.1 Å². The topological polar surface area (TPSA) is 56.1 Å². The molecule has 1 amide bonds. The third-order valence-corrected chi connectivity index (χ3v) is 3.93. The van der Waals surface area contributed by atoms with E-state index in [1.165, 1.54) is 25.7 Å². The Balaban J connectivity index is 2.15. The van der Waals surface area contributed by atoms with Crippen molar-refractivity contribution in [3.05, 3.63) is 0 Å². The highest BCUT2D eigenvalue weighted by atomic mass is 16.2. The fraction of sp³-hybridized carbons (Fsp3) is 0.846. The standard InChI is InChI=1S/C13H21N3O/c1-10-8-15-13(17)12(6-7-14)16(9-10)11-4-2-3-5-11/h10-12H,2-6,8-9H2,1H3,(H,15,17). The molecule has 2 unspecified atom stereocenters. The van der Waals surface area contributed by atoms with Gasteiger partial charge in [0.25, 0.3) is 0 Å². The average Bonchev–Trinajstić information content (AvgIpc) is 2.80. The summed E-state index contributed by atoms with van der Waals surface area (Å²) >= 11 is 0. The van der Waals surface area contributed by atoms with Crippen molar-refractivity contribution in [2.45, 2.75) is 51.1 Å². The van der Waals surface area contributed by atoms with Crippen molar-refractivity contribution in [2.75, 3.05) is 13.1 Å². The van der Waals surface area contributed by atoms with Crippen molar-refractivity contribution in [3.63, 3.8) is 0 Å². The highest BCUT2D eigenvalue weighted by Gasteiger charge is 2.35. The van der Waals surface area contributed by atoms with E-state index in [1.807, 2.05) is 0 Å². The molecule has 1 heterocycles. The van der Waals surface area contributed by atoms with Crippen molar-refractivity contribution >= 4 is 5.91 Å². The second kappa shape index (κ2) is 5.50. The molecule has 0 radical (unpaired) electrons. The van der Waals surface area contributed by atoms with E-state index in [9.17, 15) is 4.79 Å². The Morgan fingerprint density at radius 3 is 2.82 bits per heavy atom. The van der Waals surface area contributed by atoms with Gasteiger partial charge in [0.2, 0.25) is 5.91 Å². The van der Waals surface area contributed by atoms with E-state index < -0.39 is 0 Å². The summed E-state index contributed by atoms with van der Waals surface area (Å²) in [4.78, 5) is 14.3. The molecule has 0 aromatic heterocycles. The first-order chi connectivity index (χ1) is 8.22. The summed E-state index contributed by atoms with van der Waals surface area (Å²) in [5.74, 6) is 0.519. The van der Waals surface area contributed by atoms with Gasteiger partial charge >= 0.3 is 0 Å². The van der Waals surface area contributed by atoms with Crippen LogP contribution >= 0.6 is 0 Å². The zero-order chi connectivity index (χ0) is 12.3. The first-order valence-electron chi connectivity index (χ1n) is 6.62. The van der Waals surface area contributed by atoms with Gasteiger partial charge < -0.3 is 5.32 Å². The Morgan fingerprint density at radius 1 is 1.47 bits per heavy atom. The van der Waals surface area contributed by atoms with Crippen LogP contribution in [0.2, 0.25) is 0 Å². The molecule has 0 aromatic carbocycles. The molecule has 4 heteroatoms. The fourth-order valence-electron chi connectivity index (χ4n) is 3.03. The minimum atomic E-state index is -0.229. The van der Waals surface area contributed by atoms with Gasteiger partial charge in [0, 0.05) is 19.1 Å². The van der Waals surface area contributed by atoms with Gasteiger partial charge in [-0.1, -0.05) is 19.8 Å². The molecule has 2 rings (SSSR count). The van der Waals surface area contributed by atoms with Gasteiger partial charge in [0.1, 0.15) is 6.04 Å². The molecule has 2 aliphatic rings. The van der Waals surface area contributed by atoms with Crippen molar-refractivity contribution < 1.29 is 4.79 Å². The molecule has 17 heavy (non-hydrogen) atoms. The van der Waals surface area contributed by atoms with Crippen molar-refractivity contribution in [1.29, 1.82) is 5.26 Å². The maximum atomic E-state index is 12.0. The first-order valence-corrected chi connectivity index (χ1v) is 6.62. The number of amides is 1. The van der Waals surface area contributed by atoms with E-state index in [4.69, 9.17) is 5.26 Å². The van der Waals surface area contributed by atoms with Crippen LogP contribution in [0.25, 0.3) is 0 Å². The third kappa shape index (κ3) is 2.78. The number of nitrogens with one attached hydrogen (secondary N) is 1. The number of carbonyl (C=O) groups is 1. The number of rotatable bonds is 2. The van der Waals surface area contributed by atoms with Gasteiger partial charge in [-0.2, -0.15) is 5.26 Å². The summed E-state index contributed by atoms with van der Waals surface area (Å²) in [5.41, 5.74) is 0. The lowest BCUT2D eigenvalue weighted by atomic mass is 10.1. The van der Waals surface area contributed by atoms with Crippen LogP contribution in [0, 0.1) is 17.2 Å². The summed E-state index contributed by atoms with van der Waals surface area (Å²) < 4.78 is 0. The molecule has 1 saturated heterocycles. The van der Waals surface area contributed by atoms with E-state index in [2.05, 4.69) is 23.2 Å². The Morgan fingerprint density at radius 2 is 2.18 bits per heavy atom. The largest absolute Gasteiger partial charge is 0.354 e. The van der Waals surface area contributed by atoms with Crippen molar-refractivity contribution in [1.82, 2.24) is 10.2 Å². The van der Waals surface area contributed by atoms with Gasteiger partial charge in [0.05, 0.1) is 12.5 Å². The van der Waals surface area contributed by atoms with Crippen LogP contribution in [0.15, 0.2) is 0 Å². The molecular weight excluding hydrogens is 214 g/mol. The molecular formula is C13H21N3O. The highest BCUT2D eigenvalue weighted by molar-refractivity contribution is 5.82. The van der Waals surface area contributed by atoms with Crippen LogP contribution in [0.4, 0.5) is 0 Å². The lowest BCUT2D eigenvalue weighted by molar-refractivity contribution is -0.126. The first kappa shape index (κ1) is 12.4. The molecule has 1 saturated carbocycles. The summed E-state index contributed by atoms with van der Waals surface area (Å²) in [5, 5.41) is 11.8. The van der Waals surface area contributed by atoms with E-state index >= 15 is 0 Å². The van der Waals surface area contributed by atoms with Gasteiger partial charge in [-0.15, -0.1) is 0 Å². The number of hydrogen-bond donors (Lipinski definition) is 1. The van der Waals surface area contributed by atoms with Crippen LogP contribution in [-0.4, -0.2) is 36.0 Å². The van der Waals surface area contributed by atoms with Crippen LogP contribution in [0.1, 0.15) is 39.0 Å². The van der Waals surface area contributed by atoms with E-state index in [0.29, 0.717) is 18.4 Å². The predicted octanol–water partition coefficient (Wildman–Crippen LogP) is 1.28. The average molecular weight is 235 g/mol. The Bertz CT molecular complexity index is 317. The van der Waals surface area contributed by atoms with Crippen LogP contribution in [0.3, 0.4) is 0 Å². The molecule has 0 aromatic rings. The van der Waals surface area contributed by atoms with Crippen molar-refractivity contribution in [2.24, 2.45) is 5.92 Å². The molecule has 1 aliphatic carbocycles. The Hall–Kier alpha value is -1.08. The van der Waals surface area contributed by atoms with E-state index in [1.54, 1.807) is 0 Å².